The van der Waals surface area contributed by atoms with Crippen LogP contribution in [0.3, 0.4) is 0 Å². The molecule has 94 valence electrons. The van der Waals surface area contributed by atoms with Crippen molar-refractivity contribution >= 4 is 16.3 Å². The zero-order chi connectivity index (χ0) is 12.7. The molecular formula is C16H19NS. The molecule has 0 aliphatic heterocycles. The number of thiophene rings is 1. The van der Waals surface area contributed by atoms with Crippen molar-refractivity contribution in [2.45, 2.75) is 39.5 Å². The molecule has 0 amide bonds. The van der Waals surface area contributed by atoms with Gasteiger partial charge in [-0.15, -0.1) is 11.3 Å². The highest BCUT2D eigenvalue weighted by Gasteiger charge is 2.20. The van der Waals surface area contributed by atoms with E-state index in [0.717, 1.165) is 5.00 Å². The third-order valence-corrected chi connectivity index (χ3v) is 5.12. The smallest absolute Gasteiger partial charge is 0.0941 e. The predicted molar refractivity (Wildman–Crippen MR) is 80.3 cm³/mol. The minimum atomic E-state index is 1.00. The Balaban J connectivity index is 2.16. The molecule has 2 aromatic rings. The Morgan fingerprint density at radius 3 is 2.61 bits per heavy atom. The summed E-state index contributed by atoms with van der Waals surface area (Å²) in [5.41, 5.74) is 13.1. The van der Waals surface area contributed by atoms with E-state index >= 15 is 0 Å². The molecule has 1 heterocycles. The monoisotopic (exact) mass is 257 g/mol. The largest absolute Gasteiger partial charge is 0.390 e. The Morgan fingerprint density at radius 2 is 1.83 bits per heavy atom. The summed E-state index contributed by atoms with van der Waals surface area (Å²) < 4.78 is 0. The summed E-state index contributed by atoms with van der Waals surface area (Å²) in [5.74, 6) is 0. The highest BCUT2D eigenvalue weighted by atomic mass is 32.1. The molecule has 0 radical (unpaired) electrons. The lowest BCUT2D eigenvalue weighted by molar-refractivity contribution is 0.698. The lowest BCUT2D eigenvalue weighted by atomic mass is 9.91. The van der Waals surface area contributed by atoms with E-state index in [4.69, 9.17) is 5.73 Å². The van der Waals surface area contributed by atoms with Crippen LogP contribution < -0.4 is 5.73 Å². The molecule has 0 unspecified atom stereocenters. The Labute approximate surface area is 113 Å². The van der Waals surface area contributed by atoms with Gasteiger partial charge in [0, 0.05) is 10.4 Å². The van der Waals surface area contributed by atoms with Gasteiger partial charge in [-0.3, -0.25) is 0 Å². The number of anilines is 1. The van der Waals surface area contributed by atoms with Crippen LogP contribution in [-0.2, 0) is 12.8 Å². The number of hydrogen-bond acceptors (Lipinski definition) is 2. The highest BCUT2D eigenvalue weighted by molar-refractivity contribution is 7.16. The fourth-order valence-corrected chi connectivity index (χ4v) is 3.98. The molecule has 0 atom stereocenters. The van der Waals surface area contributed by atoms with Crippen LogP contribution in [0.5, 0.6) is 0 Å². The summed E-state index contributed by atoms with van der Waals surface area (Å²) in [4.78, 5) is 1.52. The molecule has 1 aliphatic rings. The summed E-state index contributed by atoms with van der Waals surface area (Å²) in [6, 6.07) is 6.70. The summed E-state index contributed by atoms with van der Waals surface area (Å²) in [6.07, 6.45) is 5.04. The third-order valence-electron chi connectivity index (χ3n) is 3.99. The van der Waals surface area contributed by atoms with Crippen molar-refractivity contribution in [2.75, 3.05) is 5.73 Å². The fourth-order valence-electron chi connectivity index (χ4n) is 2.80. The molecule has 18 heavy (non-hydrogen) atoms. The zero-order valence-electron chi connectivity index (χ0n) is 11.0. The lowest BCUT2D eigenvalue weighted by Crippen LogP contribution is -2.00. The first kappa shape index (κ1) is 11.8. The van der Waals surface area contributed by atoms with E-state index in [1.807, 2.05) is 0 Å². The molecule has 1 aromatic heterocycles. The Bertz CT molecular complexity index is 595. The first-order chi connectivity index (χ1) is 8.66. The van der Waals surface area contributed by atoms with Gasteiger partial charge in [-0.2, -0.15) is 0 Å². The molecule has 0 saturated heterocycles. The number of nitrogen functional groups attached to an aromatic ring is 1. The Kier molecular flexibility index (Phi) is 2.90. The van der Waals surface area contributed by atoms with E-state index in [1.165, 1.54) is 58.4 Å². The fraction of sp³-hybridized carbons (Fsp3) is 0.375. The van der Waals surface area contributed by atoms with Crippen molar-refractivity contribution < 1.29 is 0 Å². The summed E-state index contributed by atoms with van der Waals surface area (Å²) in [6.45, 7) is 4.33. The van der Waals surface area contributed by atoms with Crippen LogP contribution in [-0.4, -0.2) is 0 Å². The molecule has 2 N–H and O–H groups in total. The van der Waals surface area contributed by atoms with Crippen LogP contribution in [0.1, 0.15) is 34.4 Å². The van der Waals surface area contributed by atoms with Crippen LogP contribution in [0, 0.1) is 13.8 Å². The number of aryl methyl sites for hydroxylation is 3. The number of benzene rings is 1. The maximum atomic E-state index is 6.26. The topological polar surface area (TPSA) is 26.0 Å². The second kappa shape index (κ2) is 4.43. The van der Waals surface area contributed by atoms with Crippen LogP contribution in [0.2, 0.25) is 0 Å². The lowest BCUT2D eigenvalue weighted by Gasteiger charge is -2.13. The maximum Gasteiger partial charge on any atom is 0.0941 e. The van der Waals surface area contributed by atoms with Gasteiger partial charge in [-0.1, -0.05) is 18.2 Å². The van der Waals surface area contributed by atoms with E-state index in [-0.39, 0.29) is 0 Å². The van der Waals surface area contributed by atoms with Crippen molar-refractivity contribution in [3.63, 3.8) is 0 Å². The van der Waals surface area contributed by atoms with Gasteiger partial charge in [-0.25, -0.2) is 0 Å². The summed E-state index contributed by atoms with van der Waals surface area (Å²) in [5, 5.41) is 1.00. The van der Waals surface area contributed by atoms with Crippen molar-refractivity contribution in [3.8, 4) is 11.1 Å². The number of hydrogen-bond donors (Lipinski definition) is 1. The van der Waals surface area contributed by atoms with Gasteiger partial charge in [0.1, 0.15) is 0 Å². The van der Waals surface area contributed by atoms with E-state index < -0.39 is 0 Å². The molecule has 2 heteroatoms. The van der Waals surface area contributed by atoms with Crippen molar-refractivity contribution in [3.05, 3.63) is 39.8 Å². The molecule has 1 aliphatic carbocycles. The predicted octanol–water partition coefficient (Wildman–Crippen LogP) is 4.49. The second-order valence-corrected chi connectivity index (χ2v) is 6.39. The number of fused-ring (bicyclic) bond motifs is 1. The normalized spacial score (nSPS) is 14.6. The average molecular weight is 257 g/mol. The first-order valence-corrected chi connectivity index (χ1v) is 7.46. The van der Waals surface area contributed by atoms with Gasteiger partial charge in [0.25, 0.3) is 0 Å². The summed E-state index contributed by atoms with van der Waals surface area (Å²) in [7, 11) is 0. The highest BCUT2D eigenvalue weighted by Crippen LogP contribution is 2.42. The quantitative estimate of drug-likeness (QED) is 0.800. The zero-order valence-corrected chi connectivity index (χ0v) is 11.9. The van der Waals surface area contributed by atoms with Crippen molar-refractivity contribution in [1.82, 2.24) is 0 Å². The van der Waals surface area contributed by atoms with Crippen LogP contribution in [0.15, 0.2) is 18.2 Å². The number of rotatable bonds is 1. The minimum Gasteiger partial charge on any atom is -0.390 e. The van der Waals surface area contributed by atoms with Gasteiger partial charge < -0.3 is 5.73 Å². The van der Waals surface area contributed by atoms with Crippen molar-refractivity contribution in [2.24, 2.45) is 0 Å². The van der Waals surface area contributed by atoms with E-state index in [9.17, 15) is 0 Å². The van der Waals surface area contributed by atoms with Gasteiger partial charge >= 0.3 is 0 Å². The minimum absolute atomic E-state index is 1.00. The van der Waals surface area contributed by atoms with Crippen LogP contribution in [0.4, 0.5) is 5.00 Å². The maximum absolute atomic E-state index is 6.26. The SMILES string of the molecule is Cc1ccc(-c2c(N)sc3c2CCCC3)cc1C. The third kappa shape index (κ3) is 1.85. The van der Waals surface area contributed by atoms with E-state index in [0.29, 0.717) is 0 Å². The van der Waals surface area contributed by atoms with Gasteiger partial charge in [-0.05, 0) is 61.8 Å². The van der Waals surface area contributed by atoms with E-state index in [1.54, 1.807) is 11.3 Å². The van der Waals surface area contributed by atoms with Gasteiger partial charge in [0.05, 0.1) is 5.00 Å². The Hall–Kier alpha value is -1.28. The van der Waals surface area contributed by atoms with Gasteiger partial charge in [0.15, 0.2) is 0 Å². The van der Waals surface area contributed by atoms with Crippen LogP contribution >= 0.6 is 11.3 Å². The first-order valence-electron chi connectivity index (χ1n) is 6.64. The number of nitrogens with two attached hydrogens (primary N) is 1. The second-order valence-electron chi connectivity index (χ2n) is 5.25. The van der Waals surface area contributed by atoms with Crippen molar-refractivity contribution in [1.29, 1.82) is 0 Å². The molecule has 3 rings (SSSR count). The van der Waals surface area contributed by atoms with Gasteiger partial charge in [0.2, 0.25) is 0 Å². The average Bonchev–Trinajstić information content (AvgIpc) is 2.69. The molecule has 1 nitrogen and oxygen atoms in total. The standard InChI is InChI=1S/C16H19NS/c1-10-7-8-12(9-11(10)2)15-13-5-3-4-6-14(13)18-16(15)17/h7-9H,3-6,17H2,1-2H3. The summed E-state index contributed by atoms with van der Waals surface area (Å²) >= 11 is 1.80. The molecular weight excluding hydrogens is 238 g/mol. The molecule has 0 fully saturated rings. The Morgan fingerprint density at radius 1 is 1.06 bits per heavy atom. The van der Waals surface area contributed by atoms with Crippen LogP contribution in [0.25, 0.3) is 11.1 Å². The molecule has 0 spiro atoms. The molecule has 0 saturated carbocycles. The molecule has 1 aromatic carbocycles. The van der Waals surface area contributed by atoms with E-state index in [2.05, 4.69) is 32.0 Å². The molecule has 0 bridgehead atoms.